The van der Waals surface area contributed by atoms with Crippen molar-refractivity contribution in [3.05, 3.63) is 76.7 Å². The number of nitrogens with zero attached hydrogens (tertiary/aromatic N) is 5. The van der Waals surface area contributed by atoms with Crippen LogP contribution in [0.15, 0.2) is 54.9 Å². The molecule has 0 saturated carbocycles. The minimum atomic E-state index is 0.348. The number of piperazine rings is 1. The first-order chi connectivity index (χ1) is 18.0. The summed E-state index contributed by atoms with van der Waals surface area (Å²) >= 11 is 6.38. The lowest BCUT2D eigenvalue weighted by Gasteiger charge is -2.39. The molecular formula is C29H34ClN5O2. The molecular weight excluding hydrogens is 486 g/mol. The summed E-state index contributed by atoms with van der Waals surface area (Å²) in [5.41, 5.74) is 5.60. The number of hydrogen-bond donors (Lipinski definition) is 0. The molecule has 4 aromatic rings. The van der Waals surface area contributed by atoms with Gasteiger partial charge in [-0.3, -0.25) is 14.6 Å². The van der Waals surface area contributed by atoms with E-state index in [4.69, 9.17) is 26.2 Å². The molecule has 1 aliphatic rings. The standard InChI is InChI=1S/C29H34ClN5O2/c1-20(33-11-13-34(14-12-33)26-9-5-8-24(30)21(26)2)15-25-23-16-28(36-3)29(37-4)17-27(23)35(32-25)19-22-7-6-10-31-18-22/h5-10,16-18,20H,11-15,19H2,1-4H3. The van der Waals surface area contributed by atoms with Crippen LogP contribution in [-0.4, -0.2) is 66.1 Å². The van der Waals surface area contributed by atoms with Gasteiger partial charge in [-0.25, -0.2) is 0 Å². The normalized spacial score (nSPS) is 15.2. The second kappa shape index (κ2) is 11.0. The fourth-order valence-corrected chi connectivity index (χ4v) is 5.42. The Kier molecular flexibility index (Phi) is 7.53. The maximum atomic E-state index is 6.38. The Hall–Kier alpha value is -3.29. The highest BCUT2D eigenvalue weighted by molar-refractivity contribution is 6.31. The average molecular weight is 520 g/mol. The monoisotopic (exact) mass is 519 g/mol. The molecule has 0 amide bonds. The predicted octanol–water partition coefficient (Wildman–Crippen LogP) is 5.21. The second-order valence-corrected chi connectivity index (χ2v) is 10.1. The lowest BCUT2D eigenvalue weighted by Crippen LogP contribution is -2.50. The smallest absolute Gasteiger partial charge is 0.162 e. The second-order valence-electron chi connectivity index (χ2n) is 9.65. The van der Waals surface area contributed by atoms with Crippen LogP contribution < -0.4 is 14.4 Å². The summed E-state index contributed by atoms with van der Waals surface area (Å²) in [6.45, 7) is 9.00. The van der Waals surface area contributed by atoms with Crippen molar-refractivity contribution in [2.45, 2.75) is 32.9 Å². The van der Waals surface area contributed by atoms with E-state index < -0.39 is 0 Å². The Balaban J connectivity index is 1.37. The fraction of sp³-hybridized carbons (Fsp3) is 0.379. The van der Waals surface area contributed by atoms with E-state index in [9.17, 15) is 0 Å². The van der Waals surface area contributed by atoms with Gasteiger partial charge in [0.15, 0.2) is 11.5 Å². The van der Waals surface area contributed by atoms with E-state index in [2.05, 4.69) is 51.5 Å². The number of anilines is 1. The van der Waals surface area contributed by atoms with Crippen LogP contribution >= 0.6 is 11.6 Å². The van der Waals surface area contributed by atoms with Crippen molar-refractivity contribution >= 4 is 28.2 Å². The van der Waals surface area contributed by atoms with Crippen LogP contribution in [0.2, 0.25) is 5.02 Å². The minimum absolute atomic E-state index is 0.348. The number of methoxy groups -OCH3 is 2. The molecule has 2 aromatic heterocycles. The maximum Gasteiger partial charge on any atom is 0.162 e. The summed E-state index contributed by atoms with van der Waals surface area (Å²) in [6, 6.07) is 14.6. The molecule has 0 aliphatic carbocycles. The first kappa shape index (κ1) is 25.4. The zero-order valence-electron chi connectivity index (χ0n) is 21.9. The van der Waals surface area contributed by atoms with Gasteiger partial charge in [-0.15, -0.1) is 0 Å². The first-order valence-electron chi connectivity index (χ1n) is 12.7. The van der Waals surface area contributed by atoms with Crippen molar-refractivity contribution in [2.24, 2.45) is 0 Å². The molecule has 2 aromatic carbocycles. The zero-order valence-corrected chi connectivity index (χ0v) is 22.7. The highest BCUT2D eigenvalue weighted by Crippen LogP contribution is 2.35. The minimum Gasteiger partial charge on any atom is -0.493 e. The van der Waals surface area contributed by atoms with Crippen LogP contribution in [0, 0.1) is 6.92 Å². The summed E-state index contributed by atoms with van der Waals surface area (Å²) in [6.07, 6.45) is 4.53. The van der Waals surface area contributed by atoms with Crippen molar-refractivity contribution in [2.75, 3.05) is 45.3 Å². The van der Waals surface area contributed by atoms with E-state index in [0.29, 0.717) is 18.3 Å². The Morgan fingerprint density at radius 3 is 2.46 bits per heavy atom. The molecule has 5 rings (SSSR count). The molecule has 194 valence electrons. The number of halogens is 1. The molecule has 1 saturated heterocycles. The maximum absolute atomic E-state index is 6.38. The Bertz CT molecular complexity index is 1370. The van der Waals surface area contributed by atoms with Crippen LogP contribution in [0.1, 0.15) is 23.7 Å². The quantitative estimate of drug-likeness (QED) is 0.318. The van der Waals surface area contributed by atoms with Crippen molar-refractivity contribution in [3.63, 3.8) is 0 Å². The number of aromatic nitrogens is 3. The number of hydrogen-bond acceptors (Lipinski definition) is 6. The lowest BCUT2D eigenvalue weighted by atomic mass is 10.1. The van der Waals surface area contributed by atoms with Crippen molar-refractivity contribution in [1.29, 1.82) is 0 Å². The van der Waals surface area contributed by atoms with Gasteiger partial charge in [0, 0.05) is 73.2 Å². The van der Waals surface area contributed by atoms with Gasteiger partial charge < -0.3 is 14.4 Å². The number of fused-ring (bicyclic) bond motifs is 1. The Morgan fingerprint density at radius 1 is 1.00 bits per heavy atom. The van der Waals surface area contributed by atoms with Gasteiger partial charge in [-0.2, -0.15) is 5.10 Å². The van der Waals surface area contributed by atoms with Crippen LogP contribution in [-0.2, 0) is 13.0 Å². The fourth-order valence-electron chi connectivity index (χ4n) is 5.25. The van der Waals surface area contributed by atoms with Crippen molar-refractivity contribution in [1.82, 2.24) is 19.7 Å². The molecule has 1 atom stereocenters. The summed E-state index contributed by atoms with van der Waals surface area (Å²) in [7, 11) is 3.34. The van der Waals surface area contributed by atoms with Gasteiger partial charge in [0.05, 0.1) is 32.0 Å². The van der Waals surface area contributed by atoms with Gasteiger partial charge in [0.25, 0.3) is 0 Å². The van der Waals surface area contributed by atoms with E-state index in [1.165, 1.54) is 5.69 Å². The van der Waals surface area contributed by atoms with Crippen LogP contribution in [0.4, 0.5) is 5.69 Å². The van der Waals surface area contributed by atoms with Gasteiger partial charge in [-0.1, -0.05) is 23.7 Å². The topological polar surface area (TPSA) is 55.7 Å². The average Bonchev–Trinajstić information content (AvgIpc) is 3.25. The molecule has 0 spiro atoms. The Morgan fingerprint density at radius 2 is 1.76 bits per heavy atom. The highest BCUT2D eigenvalue weighted by Gasteiger charge is 2.25. The molecule has 0 N–H and O–H groups in total. The van der Waals surface area contributed by atoms with Crippen LogP contribution in [0.5, 0.6) is 11.5 Å². The zero-order chi connectivity index (χ0) is 25.9. The molecule has 37 heavy (non-hydrogen) atoms. The van der Waals surface area contributed by atoms with Gasteiger partial charge in [0.1, 0.15) is 0 Å². The molecule has 8 heteroatoms. The SMILES string of the molecule is COc1cc2c(CC(C)N3CCN(c4cccc(Cl)c4C)CC3)nn(Cc3cccnc3)c2cc1OC. The van der Waals surface area contributed by atoms with Crippen LogP contribution in [0.25, 0.3) is 10.9 Å². The third-order valence-corrected chi connectivity index (χ3v) is 7.80. The summed E-state index contributed by atoms with van der Waals surface area (Å²) in [5.74, 6) is 1.42. The van der Waals surface area contributed by atoms with E-state index >= 15 is 0 Å². The van der Waals surface area contributed by atoms with E-state index in [1.54, 1.807) is 20.4 Å². The number of benzene rings is 2. The molecule has 1 fully saturated rings. The highest BCUT2D eigenvalue weighted by atomic mass is 35.5. The molecule has 7 nitrogen and oxygen atoms in total. The van der Waals surface area contributed by atoms with E-state index in [1.807, 2.05) is 30.5 Å². The number of rotatable bonds is 8. The molecule has 0 radical (unpaired) electrons. The largest absolute Gasteiger partial charge is 0.493 e. The summed E-state index contributed by atoms with van der Waals surface area (Å²) in [5, 5.41) is 7.01. The van der Waals surface area contributed by atoms with Gasteiger partial charge >= 0.3 is 0 Å². The van der Waals surface area contributed by atoms with E-state index in [-0.39, 0.29) is 0 Å². The van der Waals surface area contributed by atoms with Crippen LogP contribution in [0.3, 0.4) is 0 Å². The lowest BCUT2D eigenvalue weighted by molar-refractivity contribution is 0.195. The molecule has 3 heterocycles. The van der Waals surface area contributed by atoms with Gasteiger partial charge in [-0.05, 0) is 49.2 Å². The molecule has 0 bridgehead atoms. The summed E-state index contributed by atoms with van der Waals surface area (Å²) < 4.78 is 13.3. The number of pyridine rings is 1. The van der Waals surface area contributed by atoms with Gasteiger partial charge in [0.2, 0.25) is 0 Å². The first-order valence-corrected chi connectivity index (χ1v) is 13.1. The number of ether oxygens (including phenoxy) is 2. The Labute approximate surface area is 223 Å². The third-order valence-electron chi connectivity index (χ3n) is 7.39. The predicted molar refractivity (Wildman–Crippen MR) is 149 cm³/mol. The molecule has 1 aliphatic heterocycles. The molecule has 1 unspecified atom stereocenters. The summed E-state index contributed by atoms with van der Waals surface area (Å²) in [4.78, 5) is 9.28. The van der Waals surface area contributed by atoms with Crippen molar-refractivity contribution < 1.29 is 9.47 Å². The van der Waals surface area contributed by atoms with Crippen molar-refractivity contribution in [3.8, 4) is 11.5 Å². The van der Waals surface area contributed by atoms with E-state index in [0.717, 1.165) is 71.1 Å². The third kappa shape index (κ3) is 5.24.